The van der Waals surface area contributed by atoms with Crippen molar-refractivity contribution in [3.63, 3.8) is 0 Å². The number of nitrogens with zero attached hydrogens (tertiary/aromatic N) is 1. The van der Waals surface area contributed by atoms with Crippen molar-refractivity contribution < 1.29 is 14.3 Å². The third-order valence-electron chi connectivity index (χ3n) is 3.49. The van der Waals surface area contributed by atoms with Gasteiger partial charge >= 0.3 is 0 Å². The van der Waals surface area contributed by atoms with Gasteiger partial charge in [-0.05, 0) is 50.4 Å². The monoisotopic (exact) mass is 283 g/mol. The molecule has 0 radical (unpaired) electrons. The van der Waals surface area contributed by atoms with E-state index in [0.29, 0.717) is 5.25 Å². The number of likely N-dealkylation sites (tertiary alicyclic amines) is 1. The first kappa shape index (κ1) is 14.3. The van der Waals surface area contributed by atoms with E-state index < -0.39 is 5.82 Å². The third kappa shape index (κ3) is 3.70. The first-order valence-corrected chi connectivity index (χ1v) is 7.66. The lowest BCUT2D eigenvalue weighted by Gasteiger charge is -2.30. The number of halogens is 1. The molecule has 0 aliphatic carbocycles. The fraction of sp³-hybridized carbons (Fsp3) is 0.500. The van der Waals surface area contributed by atoms with Gasteiger partial charge in [0, 0.05) is 5.25 Å². The van der Waals surface area contributed by atoms with Crippen molar-refractivity contribution in [2.45, 2.75) is 18.1 Å². The summed E-state index contributed by atoms with van der Waals surface area (Å²) in [7, 11) is 0. The normalized spacial score (nSPS) is 17.6. The van der Waals surface area contributed by atoms with E-state index in [9.17, 15) is 14.3 Å². The summed E-state index contributed by atoms with van der Waals surface area (Å²) in [5, 5.41) is 10.3. The molecule has 1 aliphatic heterocycles. The summed E-state index contributed by atoms with van der Waals surface area (Å²) in [5.74, 6) is -0.868. The number of hydrogen-bond donors (Lipinski definition) is 1. The van der Waals surface area contributed by atoms with E-state index in [1.807, 2.05) is 11.8 Å². The quantitative estimate of drug-likeness (QED) is 0.862. The van der Waals surface area contributed by atoms with Gasteiger partial charge < -0.3 is 5.11 Å². The summed E-state index contributed by atoms with van der Waals surface area (Å²) in [6.45, 7) is 2.01. The summed E-state index contributed by atoms with van der Waals surface area (Å²) < 4.78 is 13.1. The molecule has 1 heterocycles. The van der Waals surface area contributed by atoms with Crippen LogP contribution in [0.5, 0.6) is 5.75 Å². The molecule has 1 fully saturated rings. The van der Waals surface area contributed by atoms with Gasteiger partial charge in [0.05, 0.1) is 12.1 Å². The van der Waals surface area contributed by atoms with Gasteiger partial charge in [0.1, 0.15) is 11.6 Å². The number of aromatic hydroxyl groups is 1. The van der Waals surface area contributed by atoms with Crippen LogP contribution in [0.2, 0.25) is 0 Å². The van der Waals surface area contributed by atoms with Crippen molar-refractivity contribution in [3.05, 3.63) is 29.6 Å². The largest absolute Gasteiger partial charge is 0.507 e. The zero-order valence-electron chi connectivity index (χ0n) is 10.9. The molecule has 0 aromatic heterocycles. The summed E-state index contributed by atoms with van der Waals surface area (Å²) in [6, 6.07) is 3.48. The van der Waals surface area contributed by atoms with E-state index >= 15 is 0 Å². The highest BCUT2D eigenvalue weighted by Crippen LogP contribution is 2.22. The van der Waals surface area contributed by atoms with Crippen molar-refractivity contribution >= 4 is 17.5 Å². The van der Waals surface area contributed by atoms with Gasteiger partial charge in [-0.3, -0.25) is 9.69 Å². The Labute approximate surface area is 116 Å². The predicted octanol–water partition coefficient (Wildman–Crippen LogP) is 2.54. The maximum atomic E-state index is 13.1. The van der Waals surface area contributed by atoms with Crippen LogP contribution >= 0.6 is 11.8 Å². The van der Waals surface area contributed by atoms with E-state index in [0.717, 1.165) is 38.1 Å². The Hall–Kier alpha value is -1.07. The van der Waals surface area contributed by atoms with Crippen LogP contribution in [0.3, 0.4) is 0 Å². The maximum absolute atomic E-state index is 13.1. The molecule has 104 valence electrons. The Morgan fingerprint density at radius 3 is 2.79 bits per heavy atom. The van der Waals surface area contributed by atoms with Crippen LogP contribution in [0.15, 0.2) is 18.2 Å². The molecule has 3 nitrogen and oxygen atoms in total. The highest BCUT2D eigenvalue weighted by atomic mass is 32.2. The van der Waals surface area contributed by atoms with E-state index in [-0.39, 0.29) is 23.6 Å². The number of carbonyl (C=O) groups is 1. The average molecular weight is 283 g/mol. The number of ketones is 1. The van der Waals surface area contributed by atoms with Crippen LogP contribution in [0, 0.1) is 5.82 Å². The minimum absolute atomic E-state index is 0.0759. The minimum atomic E-state index is -0.498. The first-order valence-electron chi connectivity index (χ1n) is 6.37. The number of Topliss-reactive ketones (excluding diaryl/α,β-unsaturated/α-hetero) is 1. The number of phenols is 1. The Balaban J connectivity index is 1.96. The maximum Gasteiger partial charge on any atom is 0.180 e. The molecule has 1 aromatic rings. The first-order chi connectivity index (χ1) is 9.10. The molecule has 0 spiro atoms. The number of benzene rings is 1. The molecule has 1 aliphatic rings. The molecule has 0 bridgehead atoms. The molecule has 1 N–H and O–H groups in total. The molecule has 2 rings (SSSR count). The van der Waals surface area contributed by atoms with Crippen LogP contribution in [0.4, 0.5) is 4.39 Å². The fourth-order valence-corrected chi connectivity index (χ4v) is 3.01. The number of carbonyl (C=O) groups excluding carboxylic acids is 1. The van der Waals surface area contributed by atoms with Crippen molar-refractivity contribution in [1.29, 1.82) is 0 Å². The molecule has 0 amide bonds. The van der Waals surface area contributed by atoms with Crippen LogP contribution in [-0.4, -0.2) is 46.9 Å². The Kier molecular flexibility index (Phi) is 4.82. The molecule has 0 unspecified atom stereocenters. The van der Waals surface area contributed by atoms with Gasteiger partial charge in [0.15, 0.2) is 5.78 Å². The van der Waals surface area contributed by atoms with Crippen molar-refractivity contribution in [1.82, 2.24) is 4.90 Å². The predicted molar refractivity (Wildman–Crippen MR) is 75.4 cm³/mol. The summed E-state index contributed by atoms with van der Waals surface area (Å²) >= 11 is 1.87. The Morgan fingerprint density at radius 2 is 2.16 bits per heavy atom. The number of piperidine rings is 1. The SMILES string of the molecule is CSC1CCN(CC(=O)c2cc(F)ccc2O)CC1. The number of hydrogen-bond acceptors (Lipinski definition) is 4. The van der Waals surface area contributed by atoms with Gasteiger partial charge in [-0.2, -0.15) is 11.8 Å². The topological polar surface area (TPSA) is 40.5 Å². The Bertz CT molecular complexity index is 459. The van der Waals surface area contributed by atoms with Crippen LogP contribution in [0.25, 0.3) is 0 Å². The second-order valence-corrected chi connectivity index (χ2v) is 5.93. The number of rotatable bonds is 4. The van der Waals surface area contributed by atoms with Gasteiger partial charge in [-0.15, -0.1) is 0 Å². The number of phenolic OH excluding ortho intramolecular Hbond substituents is 1. The van der Waals surface area contributed by atoms with Gasteiger partial charge in [0.25, 0.3) is 0 Å². The van der Waals surface area contributed by atoms with E-state index in [2.05, 4.69) is 11.2 Å². The van der Waals surface area contributed by atoms with Crippen LogP contribution < -0.4 is 0 Å². The van der Waals surface area contributed by atoms with Gasteiger partial charge in [-0.25, -0.2) is 4.39 Å². The third-order valence-corrected chi connectivity index (χ3v) is 4.63. The molecular weight excluding hydrogens is 265 g/mol. The van der Waals surface area contributed by atoms with Gasteiger partial charge in [0.2, 0.25) is 0 Å². The molecule has 0 saturated carbocycles. The Morgan fingerprint density at radius 1 is 1.47 bits per heavy atom. The lowest BCUT2D eigenvalue weighted by Crippen LogP contribution is -2.38. The van der Waals surface area contributed by atoms with Crippen LogP contribution in [0.1, 0.15) is 23.2 Å². The second kappa shape index (κ2) is 6.39. The zero-order chi connectivity index (χ0) is 13.8. The summed E-state index contributed by atoms with van der Waals surface area (Å²) in [4.78, 5) is 14.1. The van der Waals surface area contributed by atoms with Crippen molar-refractivity contribution in [2.24, 2.45) is 0 Å². The lowest BCUT2D eigenvalue weighted by atomic mass is 10.1. The molecule has 0 atom stereocenters. The highest BCUT2D eigenvalue weighted by molar-refractivity contribution is 7.99. The summed E-state index contributed by atoms with van der Waals surface area (Å²) in [6.07, 6.45) is 4.25. The van der Waals surface area contributed by atoms with Crippen molar-refractivity contribution in [2.75, 3.05) is 25.9 Å². The zero-order valence-corrected chi connectivity index (χ0v) is 11.8. The summed E-state index contributed by atoms with van der Waals surface area (Å²) in [5.41, 5.74) is 0.0759. The molecule has 19 heavy (non-hydrogen) atoms. The number of thioether (sulfide) groups is 1. The molecule has 5 heteroatoms. The minimum Gasteiger partial charge on any atom is -0.507 e. The van der Waals surface area contributed by atoms with E-state index in [1.165, 1.54) is 6.07 Å². The van der Waals surface area contributed by atoms with E-state index in [4.69, 9.17) is 0 Å². The fourth-order valence-electron chi connectivity index (χ4n) is 2.32. The van der Waals surface area contributed by atoms with Crippen LogP contribution in [-0.2, 0) is 0 Å². The average Bonchev–Trinajstić information content (AvgIpc) is 2.42. The van der Waals surface area contributed by atoms with Crippen molar-refractivity contribution in [3.8, 4) is 5.75 Å². The molecule has 1 aromatic carbocycles. The lowest BCUT2D eigenvalue weighted by molar-refractivity contribution is 0.0914. The van der Waals surface area contributed by atoms with Gasteiger partial charge in [-0.1, -0.05) is 0 Å². The smallest absolute Gasteiger partial charge is 0.180 e. The highest BCUT2D eigenvalue weighted by Gasteiger charge is 2.21. The standard InChI is InChI=1S/C14H18FNO2S/c1-19-11-4-6-16(7-5-11)9-14(18)12-8-10(15)2-3-13(12)17/h2-3,8,11,17H,4-7,9H2,1H3. The van der Waals surface area contributed by atoms with E-state index in [1.54, 1.807) is 0 Å². The second-order valence-electron chi connectivity index (χ2n) is 4.80. The molecule has 1 saturated heterocycles. The molecular formula is C14H18FNO2S.